The third-order valence-corrected chi connectivity index (χ3v) is 1.60. The third kappa shape index (κ3) is 6.02. The lowest BCUT2D eigenvalue weighted by Gasteiger charge is -2.04. The number of carbonyl (C=O) groups excluding carboxylic acids is 2. The van der Waals surface area contributed by atoms with E-state index >= 15 is 0 Å². The Balaban J connectivity index is 3.56. The first-order valence-corrected chi connectivity index (χ1v) is 4.32. The molecule has 5 heteroatoms. The van der Waals surface area contributed by atoms with Crippen LogP contribution >= 0.6 is 0 Å². The van der Waals surface area contributed by atoms with E-state index < -0.39 is 5.91 Å². The molecule has 0 saturated heterocycles. The largest absolute Gasteiger partial charge is 0.270 e. The van der Waals surface area contributed by atoms with Gasteiger partial charge < -0.3 is 0 Å². The highest BCUT2D eigenvalue weighted by atomic mass is 16.5. The monoisotopic (exact) mass is 186 g/mol. The molecule has 0 bridgehead atoms. The predicted octanol–water partition coefficient (Wildman–Crippen LogP) is 1.43. The van der Waals surface area contributed by atoms with Gasteiger partial charge in [0.15, 0.2) is 0 Å². The number of amides is 1. The van der Waals surface area contributed by atoms with Crippen LogP contribution in [0.3, 0.4) is 0 Å². The number of rotatable bonds is 6. The van der Waals surface area contributed by atoms with Crippen LogP contribution in [-0.2, 0) is 9.59 Å². The topological polar surface area (TPSA) is 70.0 Å². The van der Waals surface area contributed by atoms with Crippen molar-refractivity contribution in [2.24, 2.45) is 5.10 Å². The van der Waals surface area contributed by atoms with Crippen molar-refractivity contribution in [1.29, 1.82) is 0 Å². The molecule has 74 valence electrons. The average Bonchev–Trinajstić information content (AvgIpc) is 2.12. The van der Waals surface area contributed by atoms with E-state index in [1.54, 1.807) is 0 Å². The molecule has 0 aromatic heterocycles. The first-order chi connectivity index (χ1) is 6.22. The summed E-state index contributed by atoms with van der Waals surface area (Å²) in [4.78, 5) is 20.5. The Labute approximate surface area is 77.0 Å². The summed E-state index contributed by atoms with van der Waals surface area (Å²) in [5, 5.41) is 11.5. The van der Waals surface area contributed by atoms with Crippen molar-refractivity contribution in [2.45, 2.75) is 39.0 Å². The van der Waals surface area contributed by atoms with Gasteiger partial charge in [-0.25, -0.2) is 4.79 Å². The predicted molar refractivity (Wildman–Crippen MR) is 45.5 cm³/mol. The van der Waals surface area contributed by atoms with Crippen molar-refractivity contribution in [1.82, 2.24) is 5.17 Å². The van der Waals surface area contributed by atoms with Gasteiger partial charge in [0.2, 0.25) is 0 Å². The zero-order valence-electron chi connectivity index (χ0n) is 7.69. The summed E-state index contributed by atoms with van der Waals surface area (Å²) in [6.45, 7) is 2.07. The standard InChI is InChI=1S/C8H14N2O3/c1-2-3-4-5-6-8(12)10(13)9-7-11/h13H,2-6H2,1H3. The van der Waals surface area contributed by atoms with E-state index in [1.807, 2.05) is 0 Å². The van der Waals surface area contributed by atoms with Crippen LogP contribution in [0.2, 0.25) is 0 Å². The Bertz CT molecular complexity index is 200. The number of unbranched alkanes of at least 4 members (excludes halogenated alkanes) is 3. The minimum Gasteiger partial charge on any atom is -0.270 e. The molecule has 0 aliphatic rings. The zero-order chi connectivity index (χ0) is 10.1. The van der Waals surface area contributed by atoms with Crippen molar-refractivity contribution < 1.29 is 14.8 Å². The highest BCUT2D eigenvalue weighted by molar-refractivity contribution is 5.74. The maximum absolute atomic E-state index is 10.9. The summed E-state index contributed by atoms with van der Waals surface area (Å²) in [6, 6.07) is 0. The van der Waals surface area contributed by atoms with E-state index in [9.17, 15) is 9.59 Å². The molecule has 1 N–H and O–H groups in total. The smallest absolute Gasteiger partial charge is 0.269 e. The lowest BCUT2D eigenvalue weighted by Crippen LogP contribution is -2.20. The SMILES string of the molecule is CCCCCCC(=O)N(O)N=C=O. The first-order valence-electron chi connectivity index (χ1n) is 4.32. The van der Waals surface area contributed by atoms with E-state index in [0.29, 0.717) is 6.42 Å². The van der Waals surface area contributed by atoms with Gasteiger partial charge in [-0.05, 0) is 6.42 Å². The molecule has 0 aromatic carbocycles. The molecular formula is C8H14N2O3. The number of hydroxylamine groups is 1. The number of nitrogens with zero attached hydrogens (tertiary/aromatic N) is 2. The van der Waals surface area contributed by atoms with Crippen LogP contribution in [0.1, 0.15) is 39.0 Å². The quantitative estimate of drug-likeness (QED) is 0.224. The van der Waals surface area contributed by atoms with Gasteiger partial charge >= 0.3 is 0 Å². The Morgan fingerprint density at radius 2 is 2.15 bits per heavy atom. The summed E-state index contributed by atoms with van der Waals surface area (Å²) < 4.78 is 0. The molecule has 0 unspecified atom stereocenters. The maximum atomic E-state index is 10.9. The van der Waals surface area contributed by atoms with E-state index in [2.05, 4.69) is 12.0 Å². The molecule has 0 radical (unpaired) electrons. The van der Waals surface area contributed by atoms with Crippen LogP contribution < -0.4 is 0 Å². The van der Waals surface area contributed by atoms with Crippen LogP contribution in [-0.4, -0.2) is 22.4 Å². The van der Waals surface area contributed by atoms with Gasteiger partial charge in [0.05, 0.1) is 0 Å². The first kappa shape index (κ1) is 11.8. The number of hydrogen-bond acceptors (Lipinski definition) is 4. The number of carbonyl (C=O) groups is 1. The van der Waals surface area contributed by atoms with Gasteiger partial charge in [-0.2, -0.15) is 0 Å². The molecule has 5 nitrogen and oxygen atoms in total. The Morgan fingerprint density at radius 1 is 1.46 bits per heavy atom. The molecule has 0 rings (SSSR count). The molecule has 0 fully saturated rings. The molecule has 0 aromatic rings. The van der Waals surface area contributed by atoms with Gasteiger partial charge in [-0.1, -0.05) is 36.5 Å². The molecule has 0 heterocycles. The van der Waals surface area contributed by atoms with Gasteiger partial charge in [0.1, 0.15) is 0 Å². The van der Waals surface area contributed by atoms with E-state index in [4.69, 9.17) is 5.21 Å². The van der Waals surface area contributed by atoms with Gasteiger partial charge in [-0.3, -0.25) is 10.0 Å². The van der Waals surface area contributed by atoms with Crippen LogP contribution in [0.25, 0.3) is 0 Å². The summed E-state index contributed by atoms with van der Waals surface area (Å²) >= 11 is 0. The van der Waals surface area contributed by atoms with Crippen LogP contribution in [0, 0.1) is 0 Å². The second kappa shape index (κ2) is 7.46. The Hall–Kier alpha value is -1.19. The fourth-order valence-corrected chi connectivity index (χ4v) is 0.897. The fraction of sp³-hybridized carbons (Fsp3) is 0.750. The molecule has 0 spiro atoms. The number of isocyanates is 1. The zero-order valence-corrected chi connectivity index (χ0v) is 7.69. The normalized spacial score (nSPS) is 9.08. The Morgan fingerprint density at radius 3 is 2.69 bits per heavy atom. The van der Waals surface area contributed by atoms with Crippen LogP contribution in [0.15, 0.2) is 5.10 Å². The van der Waals surface area contributed by atoms with Crippen molar-refractivity contribution in [3.05, 3.63) is 0 Å². The lowest BCUT2D eigenvalue weighted by molar-refractivity contribution is -0.165. The van der Waals surface area contributed by atoms with E-state index in [-0.39, 0.29) is 11.6 Å². The van der Waals surface area contributed by atoms with Crippen LogP contribution in [0.4, 0.5) is 0 Å². The lowest BCUT2D eigenvalue weighted by atomic mass is 10.1. The summed E-state index contributed by atoms with van der Waals surface area (Å²) in [6.07, 6.45) is 5.09. The Kier molecular flexibility index (Phi) is 6.78. The minimum absolute atomic E-state index is 0.0406. The molecule has 0 aliphatic carbocycles. The third-order valence-electron chi connectivity index (χ3n) is 1.60. The van der Waals surface area contributed by atoms with Crippen molar-refractivity contribution >= 4 is 12.0 Å². The molecule has 13 heavy (non-hydrogen) atoms. The number of hydrogen-bond donors (Lipinski definition) is 1. The van der Waals surface area contributed by atoms with Gasteiger partial charge in [0.25, 0.3) is 12.0 Å². The fourth-order valence-electron chi connectivity index (χ4n) is 0.897. The average molecular weight is 186 g/mol. The number of hydrazone groups is 1. The highest BCUT2D eigenvalue weighted by Crippen LogP contribution is 2.03. The van der Waals surface area contributed by atoms with Crippen molar-refractivity contribution in [3.8, 4) is 0 Å². The van der Waals surface area contributed by atoms with Crippen molar-refractivity contribution in [3.63, 3.8) is 0 Å². The van der Waals surface area contributed by atoms with Gasteiger partial charge in [-0.15, -0.1) is 0 Å². The van der Waals surface area contributed by atoms with Gasteiger partial charge in [0, 0.05) is 6.42 Å². The summed E-state index contributed by atoms with van der Waals surface area (Å²) in [5.41, 5.74) is 0. The van der Waals surface area contributed by atoms with E-state index in [1.165, 1.54) is 0 Å². The molecular weight excluding hydrogens is 172 g/mol. The highest BCUT2D eigenvalue weighted by Gasteiger charge is 2.08. The van der Waals surface area contributed by atoms with Crippen LogP contribution in [0.5, 0.6) is 0 Å². The molecule has 0 atom stereocenters. The summed E-state index contributed by atoms with van der Waals surface area (Å²) in [7, 11) is 0. The molecule has 0 saturated carbocycles. The summed E-state index contributed by atoms with van der Waals surface area (Å²) in [5.74, 6) is -0.570. The maximum Gasteiger partial charge on any atom is 0.269 e. The molecule has 0 aliphatic heterocycles. The van der Waals surface area contributed by atoms with Crippen molar-refractivity contribution in [2.75, 3.05) is 0 Å². The minimum atomic E-state index is -0.570. The second-order valence-corrected chi connectivity index (χ2v) is 2.69. The van der Waals surface area contributed by atoms with E-state index in [0.717, 1.165) is 25.3 Å². The second-order valence-electron chi connectivity index (χ2n) is 2.69. The molecule has 1 amide bonds.